The van der Waals surface area contributed by atoms with Crippen molar-refractivity contribution >= 4 is 60.8 Å². The van der Waals surface area contributed by atoms with Gasteiger partial charge >= 0.3 is 0 Å². The molecule has 1 aromatic carbocycles. The van der Waals surface area contributed by atoms with Gasteiger partial charge in [-0.05, 0) is 31.5 Å². The molecule has 0 heterocycles. The summed E-state index contributed by atoms with van der Waals surface area (Å²) in [5.74, 6) is -0.324. The van der Waals surface area contributed by atoms with Gasteiger partial charge < -0.3 is 5.11 Å². The van der Waals surface area contributed by atoms with E-state index in [4.69, 9.17) is 23.2 Å². The zero-order chi connectivity index (χ0) is 14.1. The lowest BCUT2D eigenvalue weighted by Crippen LogP contribution is -2.38. The van der Waals surface area contributed by atoms with Crippen molar-refractivity contribution in [1.29, 1.82) is 0 Å². The van der Waals surface area contributed by atoms with Gasteiger partial charge in [0.15, 0.2) is 5.78 Å². The van der Waals surface area contributed by atoms with Crippen LogP contribution < -0.4 is 0 Å². The van der Waals surface area contributed by atoms with E-state index in [1.54, 1.807) is 18.2 Å². The molecule has 0 amide bonds. The van der Waals surface area contributed by atoms with Crippen molar-refractivity contribution in [3.8, 4) is 0 Å². The predicted octanol–water partition coefficient (Wildman–Crippen LogP) is 4.53. The molecule has 0 spiro atoms. The van der Waals surface area contributed by atoms with Crippen LogP contribution >= 0.6 is 55.1 Å². The Labute approximate surface area is 133 Å². The number of halogens is 4. The van der Waals surface area contributed by atoms with Crippen molar-refractivity contribution in [2.24, 2.45) is 0 Å². The number of hydrogen-bond acceptors (Lipinski definition) is 2. The summed E-state index contributed by atoms with van der Waals surface area (Å²) in [5.41, 5.74) is -0.667. The maximum atomic E-state index is 12.0. The van der Waals surface area contributed by atoms with Crippen molar-refractivity contribution in [2.75, 3.05) is 0 Å². The largest absolute Gasteiger partial charge is 0.383 e. The van der Waals surface area contributed by atoms with Crippen LogP contribution in [0.15, 0.2) is 18.2 Å². The third-order valence-corrected chi connectivity index (χ3v) is 5.61. The molecule has 18 heavy (non-hydrogen) atoms. The number of carbonyl (C=O) groups is 1. The number of ketones is 1. The van der Waals surface area contributed by atoms with Crippen molar-refractivity contribution in [3.63, 3.8) is 0 Å². The maximum Gasteiger partial charge on any atom is 0.178 e. The Bertz CT molecular complexity index is 458. The summed E-state index contributed by atoms with van der Waals surface area (Å²) in [6, 6.07) is 5.06. The number of rotatable bonds is 4. The standard InChI is InChI=1S/C12H12Br2Cl2O2/c1-12(2,18)11(17)10(14)9(13)7-4-3-6(15)5-8(7)16/h3-5,9-10,18H,1-2H3. The first-order valence-electron chi connectivity index (χ1n) is 5.14. The summed E-state index contributed by atoms with van der Waals surface area (Å²) in [6.07, 6.45) is 0. The molecule has 0 aliphatic heterocycles. The van der Waals surface area contributed by atoms with Gasteiger partial charge in [0.25, 0.3) is 0 Å². The van der Waals surface area contributed by atoms with E-state index >= 15 is 0 Å². The van der Waals surface area contributed by atoms with Crippen LogP contribution in [0.3, 0.4) is 0 Å². The van der Waals surface area contributed by atoms with Crippen LogP contribution in [0.2, 0.25) is 10.0 Å². The van der Waals surface area contributed by atoms with E-state index in [0.29, 0.717) is 10.0 Å². The summed E-state index contributed by atoms with van der Waals surface area (Å²) in [5, 5.41) is 10.7. The van der Waals surface area contributed by atoms with Crippen molar-refractivity contribution in [3.05, 3.63) is 33.8 Å². The highest BCUT2D eigenvalue weighted by Gasteiger charge is 2.35. The number of aliphatic hydroxyl groups is 1. The van der Waals surface area contributed by atoms with E-state index in [2.05, 4.69) is 31.9 Å². The second kappa shape index (κ2) is 6.23. The quantitative estimate of drug-likeness (QED) is 0.729. The van der Waals surface area contributed by atoms with Crippen LogP contribution in [0.5, 0.6) is 0 Å². The summed E-state index contributed by atoms with van der Waals surface area (Å²) in [6.45, 7) is 2.90. The number of benzene rings is 1. The van der Waals surface area contributed by atoms with E-state index < -0.39 is 10.4 Å². The third-order valence-electron chi connectivity index (χ3n) is 2.37. The van der Waals surface area contributed by atoms with E-state index in [1.807, 2.05) is 0 Å². The van der Waals surface area contributed by atoms with Gasteiger partial charge in [-0.1, -0.05) is 61.1 Å². The van der Waals surface area contributed by atoms with Crippen molar-refractivity contribution in [1.82, 2.24) is 0 Å². The fourth-order valence-electron chi connectivity index (χ4n) is 1.35. The minimum Gasteiger partial charge on any atom is -0.383 e. The van der Waals surface area contributed by atoms with Crippen molar-refractivity contribution in [2.45, 2.75) is 29.1 Å². The smallest absolute Gasteiger partial charge is 0.178 e. The van der Waals surface area contributed by atoms with E-state index in [0.717, 1.165) is 5.56 Å². The van der Waals surface area contributed by atoms with Crippen LogP contribution in [0.25, 0.3) is 0 Å². The molecule has 1 aromatic rings. The zero-order valence-corrected chi connectivity index (χ0v) is 14.4. The monoisotopic (exact) mass is 416 g/mol. The van der Waals surface area contributed by atoms with Crippen molar-refractivity contribution < 1.29 is 9.90 Å². The first-order valence-corrected chi connectivity index (χ1v) is 7.73. The van der Waals surface area contributed by atoms with Gasteiger partial charge in [-0.25, -0.2) is 0 Å². The molecule has 0 fully saturated rings. The highest BCUT2D eigenvalue weighted by Crippen LogP contribution is 2.38. The Hall–Kier alpha value is 0.390. The lowest BCUT2D eigenvalue weighted by atomic mass is 9.97. The topological polar surface area (TPSA) is 37.3 Å². The molecule has 0 saturated heterocycles. The molecular formula is C12H12Br2Cl2O2. The van der Waals surface area contributed by atoms with E-state index in [9.17, 15) is 9.90 Å². The molecule has 0 aliphatic carbocycles. The molecule has 0 radical (unpaired) electrons. The first-order chi connectivity index (χ1) is 8.14. The highest BCUT2D eigenvalue weighted by molar-refractivity contribution is 9.12. The number of alkyl halides is 2. The lowest BCUT2D eigenvalue weighted by molar-refractivity contribution is -0.133. The second-order valence-electron chi connectivity index (χ2n) is 4.39. The predicted molar refractivity (Wildman–Crippen MR) is 82.1 cm³/mol. The number of hydrogen-bond donors (Lipinski definition) is 1. The lowest BCUT2D eigenvalue weighted by Gasteiger charge is -2.23. The van der Waals surface area contributed by atoms with Gasteiger partial charge in [-0.15, -0.1) is 0 Å². The van der Waals surface area contributed by atoms with Crippen LogP contribution in [0.1, 0.15) is 24.2 Å². The third kappa shape index (κ3) is 3.94. The van der Waals surface area contributed by atoms with Gasteiger partial charge in [-0.3, -0.25) is 4.79 Å². The summed E-state index contributed by atoms with van der Waals surface area (Å²) in [7, 11) is 0. The summed E-state index contributed by atoms with van der Waals surface area (Å²) < 4.78 is 0. The molecule has 0 bridgehead atoms. The fourth-order valence-corrected chi connectivity index (χ4v) is 3.50. The SMILES string of the molecule is CC(C)(O)C(=O)C(Br)C(Br)c1ccc(Cl)cc1Cl. The summed E-state index contributed by atoms with van der Waals surface area (Å²) in [4.78, 5) is 11.0. The molecule has 2 unspecified atom stereocenters. The Balaban J connectivity index is 3.00. The number of Topliss-reactive ketones (excluding diaryl/α,β-unsaturated/α-hetero) is 1. The molecular weight excluding hydrogens is 407 g/mol. The van der Waals surface area contributed by atoms with Gasteiger partial charge in [0, 0.05) is 10.0 Å². The molecule has 6 heteroatoms. The molecule has 0 aliphatic rings. The Morgan fingerprint density at radius 3 is 2.33 bits per heavy atom. The summed E-state index contributed by atoms with van der Waals surface area (Å²) >= 11 is 18.6. The molecule has 2 atom stereocenters. The van der Waals surface area contributed by atoms with Gasteiger partial charge in [-0.2, -0.15) is 0 Å². The fraction of sp³-hybridized carbons (Fsp3) is 0.417. The Morgan fingerprint density at radius 2 is 1.89 bits per heavy atom. The molecule has 1 N–H and O–H groups in total. The molecule has 1 rings (SSSR count). The zero-order valence-electron chi connectivity index (χ0n) is 9.75. The number of carbonyl (C=O) groups excluding carboxylic acids is 1. The second-order valence-corrected chi connectivity index (χ2v) is 7.21. The average molecular weight is 419 g/mol. The molecule has 0 aromatic heterocycles. The molecule has 0 saturated carbocycles. The highest BCUT2D eigenvalue weighted by atomic mass is 79.9. The molecule has 100 valence electrons. The van der Waals surface area contributed by atoms with Crippen LogP contribution in [-0.4, -0.2) is 21.3 Å². The maximum absolute atomic E-state index is 12.0. The molecule has 2 nitrogen and oxygen atoms in total. The first kappa shape index (κ1) is 16.4. The van der Waals surface area contributed by atoms with Crippen LogP contribution in [0, 0.1) is 0 Å². The van der Waals surface area contributed by atoms with Crippen LogP contribution in [0.4, 0.5) is 0 Å². The van der Waals surface area contributed by atoms with Gasteiger partial charge in [0.1, 0.15) is 5.60 Å². The Kier molecular flexibility index (Phi) is 5.69. The van der Waals surface area contributed by atoms with E-state index in [-0.39, 0.29) is 10.6 Å². The van der Waals surface area contributed by atoms with Gasteiger partial charge in [0.2, 0.25) is 0 Å². The average Bonchev–Trinajstić information content (AvgIpc) is 2.25. The minimum absolute atomic E-state index is 0.324. The van der Waals surface area contributed by atoms with Gasteiger partial charge in [0.05, 0.1) is 9.65 Å². The Morgan fingerprint density at radius 1 is 1.33 bits per heavy atom. The normalized spacial score (nSPS) is 15.3. The van der Waals surface area contributed by atoms with Crippen LogP contribution in [-0.2, 0) is 4.79 Å². The minimum atomic E-state index is -1.40. The van der Waals surface area contributed by atoms with E-state index in [1.165, 1.54) is 13.8 Å².